The van der Waals surface area contributed by atoms with Crippen LogP contribution < -0.4 is 5.73 Å². The Morgan fingerprint density at radius 2 is 1.88 bits per heavy atom. The summed E-state index contributed by atoms with van der Waals surface area (Å²) in [7, 11) is 0. The summed E-state index contributed by atoms with van der Waals surface area (Å²) in [5, 5.41) is 11.0. The molecule has 0 fully saturated rings. The summed E-state index contributed by atoms with van der Waals surface area (Å²) in [4.78, 5) is 10.8. The zero-order chi connectivity index (χ0) is 12.5. The van der Waals surface area contributed by atoms with Crippen LogP contribution in [-0.2, 0) is 10.3 Å². The molecule has 2 rings (SSSR count). The fourth-order valence-corrected chi connectivity index (χ4v) is 1.96. The van der Waals surface area contributed by atoms with Gasteiger partial charge in [0.2, 0.25) is 0 Å². The molecule has 0 radical (unpaired) electrons. The number of carbonyl (C=O) groups is 1. The minimum absolute atomic E-state index is 0.0780. The molecule has 17 heavy (non-hydrogen) atoms. The Bertz CT molecular complexity index is 561. The number of rotatable bonds is 3. The van der Waals surface area contributed by atoms with Gasteiger partial charge in [-0.3, -0.25) is 4.79 Å². The molecule has 0 saturated carbocycles. The van der Waals surface area contributed by atoms with Crippen molar-refractivity contribution in [2.45, 2.75) is 18.9 Å². The number of carboxylic acids is 1. The molecule has 3 nitrogen and oxygen atoms in total. The smallest absolute Gasteiger partial charge is 0.305 e. The molecule has 0 aromatic heterocycles. The van der Waals surface area contributed by atoms with Crippen molar-refractivity contribution in [1.29, 1.82) is 0 Å². The summed E-state index contributed by atoms with van der Waals surface area (Å²) in [6, 6.07) is 13.8. The van der Waals surface area contributed by atoms with Gasteiger partial charge in [0.05, 0.1) is 6.42 Å². The number of benzene rings is 2. The van der Waals surface area contributed by atoms with Crippen molar-refractivity contribution in [2.75, 3.05) is 0 Å². The van der Waals surface area contributed by atoms with E-state index in [1.54, 1.807) is 6.92 Å². The largest absolute Gasteiger partial charge is 0.481 e. The van der Waals surface area contributed by atoms with E-state index in [1.165, 1.54) is 0 Å². The van der Waals surface area contributed by atoms with E-state index < -0.39 is 11.5 Å². The maximum absolute atomic E-state index is 10.8. The van der Waals surface area contributed by atoms with Crippen molar-refractivity contribution in [2.24, 2.45) is 5.73 Å². The average molecular weight is 229 g/mol. The van der Waals surface area contributed by atoms with Gasteiger partial charge in [-0.2, -0.15) is 0 Å². The van der Waals surface area contributed by atoms with E-state index >= 15 is 0 Å². The highest BCUT2D eigenvalue weighted by Crippen LogP contribution is 2.25. The van der Waals surface area contributed by atoms with Crippen molar-refractivity contribution in [3.63, 3.8) is 0 Å². The molecular weight excluding hydrogens is 214 g/mol. The first-order chi connectivity index (χ1) is 7.99. The lowest BCUT2D eigenvalue weighted by atomic mass is 9.88. The molecule has 0 aliphatic rings. The molecule has 0 saturated heterocycles. The molecule has 0 amide bonds. The molecule has 2 aromatic rings. The predicted molar refractivity (Wildman–Crippen MR) is 67.7 cm³/mol. The summed E-state index contributed by atoms with van der Waals surface area (Å²) in [6.07, 6.45) is -0.0780. The van der Waals surface area contributed by atoms with E-state index in [2.05, 4.69) is 0 Å². The Hall–Kier alpha value is -1.87. The number of carboxylic acid groups (broad SMARTS) is 1. The Morgan fingerprint density at radius 3 is 2.53 bits per heavy atom. The van der Waals surface area contributed by atoms with Crippen LogP contribution in [0.4, 0.5) is 0 Å². The van der Waals surface area contributed by atoms with Crippen LogP contribution in [0.3, 0.4) is 0 Å². The van der Waals surface area contributed by atoms with Crippen molar-refractivity contribution in [3.8, 4) is 0 Å². The molecule has 0 aliphatic carbocycles. The predicted octanol–water partition coefficient (Wildman–Crippen LogP) is 2.49. The number of hydrogen-bond acceptors (Lipinski definition) is 2. The Balaban J connectivity index is 2.45. The highest BCUT2D eigenvalue weighted by molar-refractivity contribution is 5.83. The van der Waals surface area contributed by atoms with Crippen LogP contribution in [0.2, 0.25) is 0 Å². The van der Waals surface area contributed by atoms with E-state index in [4.69, 9.17) is 10.8 Å². The number of nitrogens with two attached hydrogens (primary N) is 1. The lowest BCUT2D eigenvalue weighted by molar-refractivity contribution is -0.138. The summed E-state index contributed by atoms with van der Waals surface area (Å²) < 4.78 is 0. The SMILES string of the molecule is CC(N)(CC(=O)O)c1ccc2ccccc2c1. The van der Waals surface area contributed by atoms with Gasteiger partial charge in [0, 0.05) is 5.54 Å². The van der Waals surface area contributed by atoms with Crippen LogP contribution in [-0.4, -0.2) is 11.1 Å². The van der Waals surface area contributed by atoms with Gasteiger partial charge >= 0.3 is 5.97 Å². The molecule has 3 N–H and O–H groups in total. The number of fused-ring (bicyclic) bond motifs is 1. The molecule has 0 heterocycles. The van der Waals surface area contributed by atoms with E-state index in [9.17, 15) is 4.79 Å². The third-order valence-corrected chi connectivity index (χ3v) is 2.93. The molecule has 1 atom stereocenters. The average Bonchev–Trinajstić information content (AvgIpc) is 2.26. The monoisotopic (exact) mass is 229 g/mol. The third-order valence-electron chi connectivity index (χ3n) is 2.93. The molecule has 88 valence electrons. The van der Waals surface area contributed by atoms with E-state index in [0.717, 1.165) is 16.3 Å². The van der Waals surface area contributed by atoms with Gasteiger partial charge in [0.25, 0.3) is 0 Å². The summed E-state index contributed by atoms with van der Waals surface area (Å²) in [6.45, 7) is 1.74. The summed E-state index contributed by atoms with van der Waals surface area (Å²) in [5.74, 6) is -0.886. The minimum atomic E-state index is -0.886. The maximum atomic E-state index is 10.8. The quantitative estimate of drug-likeness (QED) is 0.849. The van der Waals surface area contributed by atoms with Crippen molar-refractivity contribution in [1.82, 2.24) is 0 Å². The van der Waals surface area contributed by atoms with Gasteiger partial charge in [-0.05, 0) is 29.3 Å². The normalized spacial score (nSPS) is 14.5. The van der Waals surface area contributed by atoms with Crippen LogP contribution in [0.15, 0.2) is 42.5 Å². The second-order valence-electron chi connectivity index (χ2n) is 4.55. The summed E-state index contributed by atoms with van der Waals surface area (Å²) in [5.41, 5.74) is 6.06. The van der Waals surface area contributed by atoms with Crippen molar-refractivity contribution >= 4 is 16.7 Å². The summed E-state index contributed by atoms with van der Waals surface area (Å²) >= 11 is 0. The Kier molecular flexibility index (Phi) is 2.86. The van der Waals surface area contributed by atoms with Crippen LogP contribution in [0.1, 0.15) is 18.9 Å². The molecule has 0 spiro atoms. The number of aliphatic carboxylic acids is 1. The minimum Gasteiger partial charge on any atom is -0.481 e. The Labute approximate surface area is 99.9 Å². The third kappa shape index (κ3) is 2.45. The van der Waals surface area contributed by atoms with E-state index in [-0.39, 0.29) is 6.42 Å². The fourth-order valence-electron chi connectivity index (χ4n) is 1.96. The van der Waals surface area contributed by atoms with Gasteiger partial charge in [0.1, 0.15) is 0 Å². The fraction of sp³-hybridized carbons (Fsp3) is 0.214. The van der Waals surface area contributed by atoms with Crippen molar-refractivity contribution < 1.29 is 9.90 Å². The van der Waals surface area contributed by atoms with Crippen LogP contribution in [0.5, 0.6) is 0 Å². The topological polar surface area (TPSA) is 63.3 Å². The first kappa shape index (κ1) is 11.6. The molecule has 0 aliphatic heterocycles. The zero-order valence-electron chi connectivity index (χ0n) is 9.68. The first-order valence-corrected chi connectivity index (χ1v) is 5.49. The highest BCUT2D eigenvalue weighted by atomic mass is 16.4. The van der Waals surface area contributed by atoms with E-state index in [0.29, 0.717) is 0 Å². The molecule has 1 unspecified atom stereocenters. The highest BCUT2D eigenvalue weighted by Gasteiger charge is 2.24. The van der Waals surface area contributed by atoms with Gasteiger partial charge in [0.15, 0.2) is 0 Å². The lowest BCUT2D eigenvalue weighted by Gasteiger charge is -2.23. The maximum Gasteiger partial charge on any atom is 0.305 e. The molecule has 2 aromatic carbocycles. The zero-order valence-corrected chi connectivity index (χ0v) is 9.68. The first-order valence-electron chi connectivity index (χ1n) is 5.49. The molecule has 0 bridgehead atoms. The van der Waals surface area contributed by atoms with E-state index in [1.807, 2.05) is 42.5 Å². The Morgan fingerprint density at radius 1 is 1.24 bits per heavy atom. The van der Waals surface area contributed by atoms with Crippen LogP contribution in [0.25, 0.3) is 10.8 Å². The molecule has 3 heteroatoms. The van der Waals surface area contributed by atoms with Gasteiger partial charge in [-0.1, -0.05) is 36.4 Å². The second kappa shape index (κ2) is 4.18. The van der Waals surface area contributed by atoms with Gasteiger partial charge in [-0.15, -0.1) is 0 Å². The van der Waals surface area contributed by atoms with Crippen LogP contribution in [0, 0.1) is 0 Å². The van der Waals surface area contributed by atoms with Gasteiger partial charge in [-0.25, -0.2) is 0 Å². The van der Waals surface area contributed by atoms with Crippen LogP contribution >= 0.6 is 0 Å². The molecular formula is C14H15NO2. The number of hydrogen-bond donors (Lipinski definition) is 2. The van der Waals surface area contributed by atoms with Gasteiger partial charge < -0.3 is 10.8 Å². The second-order valence-corrected chi connectivity index (χ2v) is 4.55. The lowest BCUT2D eigenvalue weighted by Crippen LogP contribution is -2.35. The standard InChI is InChI=1S/C14H15NO2/c1-14(15,9-13(16)17)12-7-6-10-4-2-3-5-11(10)8-12/h2-8H,9,15H2,1H3,(H,16,17). The van der Waals surface area contributed by atoms with Crippen molar-refractivity contribution in [3.05, 3.63) is 48.0 Å².